The zero-order chi connectivity index (χ0) is 20.4. The number of nitrogens with one attached hydrogen (secondary N) is 1. The number of primary amides is 1. The van der Waals surface area contributed by atoms with Crippen LogP contribution in [0.15, 0.2) is 36.0 Å². The molecular weight excluding hydrogens is 352 g/mol. The van der Waals surface area contributed by atoms with Crippen LogP contribution >= 0.6 is 0 Å². The molecule has 0 atom stereocenters. The highest BCUT2D eigenvalue weighted by Gasteiger charge is 2.24. The number of hydrogen-bond donors (Lipinski definition) is 2. The Kier molecular flexibility index (Phi) is 8.78. The van der Waals surface area contributed by atoms with Crippen molar-refractivity contribution in [3.63, 3.8) is 0 Å². The van der Waals surface area contributed by atoms with E-state index in [1.165, 1.54) is 0 Å². The largest absolute Gasteiger partial charge is 0.369 e. The molecule has 7 heteroatoms. The van der Waals surface area contributed by atoms with Crippen molar-refractivity contribution < 1.29 is 4.79 Å². The lowest BCUT2D eigenvalue weighted by Gasteiger charge is -2.32. The molecule has 0 aliphatic carbocycles. The number of pyridine rings is 1. The summed E-state index contributed by atoms with van der Waals surface area (Å²) in [6, 6.07) is 4.03. The van der Waals surface area contributed by atoms with Gasteiger partial charge < -0.3 is 20.9 Å². The van der Waals surface area contributed by atoms with Crippen molar-refractivity contribution in [2.24, 2.45) is 16.6 Å². The molecule has 1 saturated heterocycles. The van der Waals surface area contributed by atoms with E-state index in [2.05, 4.69) is 46.7 Å². The Morgan fingerprint density at radius 3 is 2.89 bits per heavy atom. The number of carbonyl (C=O) groups excluding carboxylic acids is 1. The highest BCUT2D eigenvalue weighted by Crippen LogP contribution is 2.25. The zero-order valence-corrected chi connectivity index (χ0v) is 17.2. The average molecular weight is 387 g/mol. The molecule has 0 aromatic carbocycles. The Bertz CT molecular complexity index is 667. The molecule has 0 unspecified atom stereocenters. The number of guanidine groups is 1. The number of aromatic nitrogens is 1. The molecular formula is C21H34N6O. The van der Waals surface area contributed by atoms with Gasteiger partial charge in [0.15, 0.2) is 5.96 Å². The summed E-state index contributed by atoms with van der Waals surface area (Å²) in [4.78, 5) is 25.2. The van der Waals surface area contributed by atoms with E-state index in [9.17, 15) is 4.79 Å². The Hall–Kier alpha value is -2.57. The van der Waals surface area contributed by atoms with Crippen molar-refractivity contribution in [3.05, 3.63) is 36.5 Å². The van der Waals surface area contributed by atoms with Crippen LogP contribution in [0.1, 0.15) is 38.2 Å². The fraction of sp³-hybridized carbons (Fsp3) is 0.571. The van der Waals surface area contributed by atoms with E-state index >= 15 is 0 Å². The number of rotatable bonds is 9. The number of nitrogens with zero attached hydrogens (tertiary/aromatic N) is 4. The van der Waals surface area contributed by atoms with Crippen molar-refractivity contribution in [1.29, 1.82) is 0 Å². The molecule has 2 heterocycles. The molecule has 154 valence electrons. The van der Waals surface area contributed by atoms with Crippen LogP contribution in [0, 0.1) is 5.92 Å². The van der Waals surface area contributed by atoms with Gasteiger partial charge in [0.2, 0.25) is 5.91 Å². The Labute approximate surface area is 168 Å². The van der Waals surface area contributed by atoms with E-state index in [1.54, 1.807) is 0 Å². The molecule has 0 radical (unpaired) electrons. The number of unbranched alkanes of at least 4 members (excludes halogenated alkanes) is 1. The van der Waals surface area contributed by atoms with Crippen LogP contribution in [-0.4, -0.2) is 55.0 Å². The molecule has 2 rings (SSSR count). The highest BCUT2D eigenvalue weighted by molar-refractivity contribution is 5.79. The fourth-order valence-corrected chi connectivity index (χ4v) is 3.42. The summed E-state index contributed by atoms with van der Waals surface area (Å²) in [5, 5.41) is 3.36. The number of hydrogen-bond acceptors (Lipinski definition) is 4. The lowest BCUT2D eigenvalue weighted by Crippen LogP contribution is -2.40. The summed E-state index contributed by atoms with van der Waals surface area (Å²) in [6.07, 6.45) is 7.37. The van der Waals surface area contributed by atoms with Crippen molar-refractivity contribution in [3.8, 4) is 0 Å². The third-order valence-electron chi connectivity index (χ3n) is 5.06. The van der Waals surface area contributed by atoms with Crippen molar-refractivity contribution in [1.82, 2.24) is 15.2 Å². The molecule has 0 spiro atoms. The number of carbonyl (C=O) groups is 1. The van der Waals surface area contributed by atoms with Crippen LogP contribution in [0.2, 0.25) is 0 Å². The molecule has 3 N–H and O–H groups in total. The van der Waals surface area contributed by atoms with E-state index in [0.29, 0.717) is 6.54 Å². The predicted molar refractivity (Wildman–Crippen MR) is 115 cm³/mol. The molecule has 7 nitrogen and oxygen atoms in total. The Morgan fingerprint density at radius 2 is 2.25 bits per heavy atom. The first kappa shape index (κ1) is 21.7. The van der Waals surface area contributed by atoms with Crippen molar-refractivity contribution in [2.75, 3.05) is 38.1 Å². The summed E-state index contributed by atoms with van der Waals surface area (Å²) in [6.45, 7) is 9.76. The molecule has 28 heavy (non-hydrogen) atoms. The van der Waals surface area contributed by atoms with Crippen LogP contribution in [0.5, 0.6) is 0 Å². The van der Waals surface area contributed by atoms with Gasteiger partial charge >= 0.3 is 0 Å². The van der Waals surface area contributed by atoms with Gasteiger partial charge in [0, 0.05) is 50.9 Å². The second kappa shape index (κ2) is 11.3. The SMILES string of the molecule is C=CCCCN(C)C(=NCc1cccnc1N1CCC(C(N)=O)CC1)NCC. The Balaban J connectivity index is 2.07. The van der Waals surface area contributed by atoms with Crippen molar-refractivity contribution >= 4 is 17.7 Å². The third-order valence-corrected chi connectivity index (χ3v) is 5.06. The molecule has 1 fully saturated rings. The fourth-order valence-electron chi connectivity index (χ4n) is 3.42. The molecule has 0 bridgehead atoms. The van der Waals surface area contributed by atoms with Crippen LogP contribution < -0.4 is 16.0 Å². The number of anilines is 1. The van der Waals surface area contributed by atoms with Gasteiger partial charge in [-0.25, -0.2) is 9.98 Å². The summed E-state index contributed by atoms with van der Waals surface area (Å²) in [5.41, 5.74) is 6.55. The summed E-state index contributed by atoms with van der Waals surface area (Å²) in [7, 11) is 2.06. The van der Waals surface area contributed by atoms with Crippen LogP contribution in [-0.2, 0) is 11.3 Å². The van der Waals surface area contributed by atoms with Gasteiger partial charge in [0.1, 0.15) is 5.82 Å². The average Bonchev–Trinajstić information content (AvgIpc) is 2.71. The third kappa shape index (κ3) is 6.25. The van der Waals surface area contributed by atoms with Crippen LogP contribution in [0.4, 0.5) is 5.82 Å². The lowest BCUT2D eigenvalue weighted by molar-refractivity contribution is -0.122. The number of nitrogens with two attached hydrogens (primary N) is 1. The molecule has 1 aliphatic heterocycles. The first-order valence-corrected chi connectivity index (χ1v) is 10.1. The molecule has 1 aromatic heterocycles. The normalized spacial score (nSPS) is 15.4. The highest BCUT2D eigenvalue weighted by atomic mass is 16.1. The van der Waals surface area contributed by atoms with Crippen molar-refractivity contribution in [2.45, 2.75) is 39.2 Å². The quantitative estimate of drug-likeness (QED) is 0.294. The Morgan fingerprint density at radius 1 is 1.50 bits per heavy atom. The standard InChI is InChI=1S/C21H34N6O/c1-4-6-7-13-26(3)21(23-5-2)25-16-18-9-8-12-24-20(18)27-14-10-17(11-15-27)19(22)28/h4,8-9,12,17H,1,5-7,10-11,13-16H2,2-3H3,(H2,22,28)(H,23,25). The number of amides is 1. The maximum absolute atomic E-state index is 11.4. The van der Waals surface area contributed by atoms with E-state index < -0.39 is 0 Å². The van der Waals surface area contributed by atoms with Gasteiger partial charge in [-0.15, -0.1) is 6.58 Å². The second-order valence-corrected chi connectivity index (χ2v) is 7.17. The maximum atomic E-state index is 11.4. The van der Waals surface area contributed by atoms with E-state index in [4.69, 9.17) is 10.7 Å². The summed E-state index contributed by atoms with van der Waals surface area (Å²) < 4.78 is 0. The molecule has 1 aromatic rings. The maximum Gasteiger partial charge on any atom is 0.220 e. The van der Waals surface area contributed by atoms with E-state index in [1.807, 2.05) is 18.3 Å². The van der Waals surface area contributed by atoms with Gasteiger partial charge in [-0.05, 0) is 38.7 Å². The van der Waals surface area contributed by atoms with Gasteiger partial charge in [0.25, 0.3) is 0 Å². The lowest BCUT2D eigenvalue weighted by atomic mass is 9.96. The van der Waals surface area contributed by atoms with E-state index in [-0.39, 0.29) is 11.8 Å². The summed E-state index contributed by atoms with van der Waals surface area (Å²) >= 11 is 0. The summed E-state index contributed by atoms with van der Waals surface area (Å²) in [5.74, 6) is 1.64. The first-order chi connectivity index (χ1) is 13.6. The van der Waals surface area contributed by atoms with Gasteiger partial charge in [-0.2, -0.15) is 0 Å². The second-order valence-electron chi connectivity index (χ2n) is 7.17. The minimum atomic E-state index is -0.194. The first-order valence-electron chi connectivity index (χ1n) is 10.1. The van der Waals surface area contributed by atoms with Crippen LogP contribution in [0.25, 0.3) is 0 Å². The molecule has 0 saturated carbocycles. The zero-order valence-electron chi connectivity index (χ0n) is 17.2. The molecule has 1 aliphatic rings. The number of piperidine rings is 1. The van der Waals surface area contributed by atoms with Gasteiger partial charge in [0.05, 0.1) is 6.54 Å². The number of allylic oxidation sites excluding steroid dienone is 1. The topological polar surface area (TPSA) is 86.8 Å². The van der Waals surface area contributed by atoms with E-state index in [0.717, 1.165) is 69.2 Å². The van der Waals surface area contributed by atoms with Gasteiger partial charge in [-0.3, -0.25) is 4.79 Å². The number of aliphatic imine (C=N–C) groups is 1. The van der Waals surface area contributed by atoms with Crippen LogP contribution in [0.3, 0.4) is 0 Å². The predicted octanol–water partition coefficient (Wildman–Crippen LogP) is 2.15. The van der Waals surface area contributed by atoms with Gasteiger partial charge in [-0.1, -0.05) is 12.1 Å². The molecule has 1 amide bonds. The minimum Gasteiger partial charge on any atom is -0.369 e. The minimum absolute atomic E-state index is 0.0222. The monoisotopic (exact) mass is 386 g/mol. The smallest absolute Gasteiger partial charge is 0.220 e.